The first-order chi connectivity index (χ1) is 14.0. The molecule has 0 radical (unpaired) electrons. The lowest BCUT2D eigenvalue weighted by Crippen LogP contribution is -2.51. The summed E-state index contributed by atoms with van der Waals surface area (Å²) in [5.41, 5.74) is 0.707. The number of benzene rings is 1. The van der Waals surface area contributed by atoms with Crippen LogP contribution in [0.3, 0.4) is 0 Å². The summed E-state index contributed by atoms with van der Waals surface area (Å²) >= 11 is 0. The molecule has 1 aliphatic heterocycles. The van der Waals surface area contributed by atoms with E-state index in [0.29, 0.717) is 24.4 Å². The number of nitrogens with zero attached hydrogens (tertiary/aromatic N) is 1. The molecule has 2 amide bonds. The van der Waals surface area contributed by atoms with Crippen molar-refractivity contribution in [1.29, 1.82) is 0 Å². The number of rotatable bonds is 6. The van der Waals surface area contributed by atoms with E-state index >= 15 is 0 Å². The zero-order valence-corrected chi connectivity index (χ0v) is 16.5. The van der Waals surface area contributed by atoms with Gasteiger partial charge in [-0.25, -0.2) is 4.79 Å². The second kappa shape index (κ2) is 9.56. The summed E-state index contributed by atoms with van der Waals surface area (Å²) in [6, 6.07) is 5.39. The largest absolute Gasteiger partial charge is 0.484 e. The first kappa shape index (κ1) is 20.9. The summed E-state index contributed by atoms with van der Waals surface area (Å²) < 4.78 is 10.6. The van der Waals surface area contributed by atoms with Crippen LogP contribution in [0.4, 0.5) is 0 Å². The number of aliphatic hydroxyl groups is 1. The number of carbonyl (C=O) groups is 2. The third-order valence-electron chi connectivity index (χ3n) is 5.03. The van der Waals surface area contributed by atoms with Gasteiger partial charge in [0.25, 0.3) is 5.91 Å². The molecule has 29 heavy (non-hydrogen) atoms. The average molecular weight is 402 g/mol. The van der Waals surface area contributed by atoms with Crippen LogP contribution in [-0.2, 0) is 9.59 Å². The first-order valence-electron chi connectivity index (χ1n) is 9.84. The number of ether oxygens (including phenoxy) is 1. The summed E-state index contributed by atoms with van der Waals surface area (Å²) in [4.78, 5) is 38.0. The predicted molar refractivity (Wildman–Crippen MR) is 107 cm³/mol. The summed E-state index contributed by atoms with van der Waals surface area (Å²) in [6.45, 7) is 2.29. The zero-order chi connectivity index (χ0) is 20.8. The van der Waals surface area contributed by atoms with Crippen molar-refractivity contribution in [3.63, 3.8) is 0 Å². The van der Waals surface area contributed by atoms with Crippen LogP contribution in [0, 0.1) is 6.92 Å². The van der Waals surface area contributed by atoms with Gasteiger partial charge in [0.05, 0.1) is 6.61 Å². The first-order valence-corrected chi connectivity index (χ1v) is 9.84. The molecule has 1 aliphatic rings. The highest BCUT2D eigenvalue weighted by atomic mass is 16.5. The maximum absolute atomic E-state index is 12.6. The van der Waals surface area contributed by atoms with E-state index in [2.05, 4.69) is 5.32 Å². The molecule has 1 saturated heterocycles. The third kappa shape index (κ3) is 5.35. The molecule has 0 bridgehead atoms. The molecule has 8 heteroatoms. The van der Waals surface area contributed by atoms with E-state index in [1.807, 2.05) is 6.92 Å². The lowest BCUT2D eigenvalue weighted by atomic mass is 10.1. The van der Waals surface area contributed by atoms with Crippen LogP contribution in [0.15, 0.2) is 33.5 Å². The fourth-order valence-corrected chi connectivity index (χ4v) is 3.48. The Balaban J connectivity index is 1.58. The van der Waals surface area contributed by atoms with Crippen molar-refractivity contribution >= 4 is 22.8 Å². The molecule has 1 fully saturated rings. The highest BCUT2D eigenvalue weighted by Crippen LogP contribution is 2.22. The van der Waals surface area contributed by atoms with Gasteiger partial charge in [0.15, 0.2) is 6.61 Å². The van der Waals surface area contributed by atoms with Crippen molar-refractivity contribution in [2.24, 2.45) is 0 Å². The van der Waals surface area contributed by atoms with E-state index in [1.165, 1.54) is 6.07 Å². The lowest BCUT2D eigenvalue weighted by Gasteiger charge is -2.25. The van der Waals surface area contributed by atoms with E-state index in [4.69, 9.17) is 9.15 Å². The fraction of sp³-hybridized carbons (Fsp3) is 0.476. The van der Waals surface area contributed by atoms with Gasteiger partial charge in [0.1, 0.15) is 17.4 Å². The molecular weight excluding hydrogens is 376 g/mol. The summed E-state index contributed by atoms with van der Waals surface area (Å²) in [5, 5.41) is 12.9. The molecule has 1 aromatic carbocycles. The van der Waals surface area contributed by atoms with E-state index in [-0.39, 0.29) is 12.5 Å². The van der Waals surface area contributed by atoms with Crippen LogP contribution in [0.2, 0.25) is 0 Å². The number of amides is 2. The third-order valence-corrected chi connectivity index (χ3v) is 5.03. The Morgan fingerprint density at radius 3 is 2.62 bits per heavy atom. The number of carbonyl (C=O) groups excluding carboxylic acids is 2. The minimum Gasteiger partial charge on any atom is -0.484 e. The molecule has 3 rings (SSSR count). The maximum Gasteiger partial charge on any atom is 0.336 e. The van der Waals surface area contributed by atoms with Crippen molar-refractivity contribution < 1.29 is 23.8 Å². The zero-order valence-electron chi connectivity index (χ0n) is 16.5. The number of hydrogen-bond acceptors (Lipinski definition) is 6. The van der Waals surface area contributed by atoms with Crippen LogP contribution in [0.25, 0.3) is 11.0 Å². The molecule has 8 nitrogen and oxygen atoms in total. The van der Waals surface area contributed by atoms with Gasteiger partial charge in [0.2, 0.25) is 5.91 Å². The molecule has 0 unspecified atom stereocenters. The summed E-state index contributed by atoms with van der Waals surface area (Å²) in [7, 11) is 0. The maximum atomic E-state index is 12.6. The summed E-state index contributed by atoms with van der Waals surface area (Å²) in [5.74, 6) is -0.426. The average Bonchev–Trinajstić information content (AvgIpc) is 2.99. The standard InChI is InChI=1S/C21H26N2O6/c1-14-10-20(26)29-18-11-15(6-7-16(14)18)28-13-19(25)22-17(12-24)21(27)23-8-4-2-3-5-9-23/h6-7,10-11,17,24H,2-5,8-9,12-13H2,1H3,(H,22,25)/t17-/m0/s1. The van der Waals surface area contributed by atoms with Crippen LogP contribution in [0.1, 0.15) is 31.2 Å². The van der Waals surface area contributed by atoms with E-state index in [0.717, 1.165) is 36.6 Å². The lowest BCUT2D eigenvalue weighted by molar-refractivity contribution is -0.138. The number of nitrogens with one attached hydrogen (secondary N) is 1. The topological polar surface area (TPSA) is 109 Å². The molecule has 0 aliphatic carbocycles. The Morgan fingerprint density at radius 1 is 1.21 bits per heavy atom. The monoisotopic (exact) mass is 402 g/mol. The van der Waals surface area contributed by atoms with Crippen LogP contribution in [-0.4, -0.2) is 54.2 Å². The van der Waals surface area contributed by atoms with Gasteiger partial charge >= 0.3 is 5.63 Å². The molecule has 2 aromatic rings. The van der Waals surface area contributed by atoms with Crippen LogP contribution in [0.5, 0.6) is 5.75 Å². The fourth-order valence-electron chi connectivity index (χ4n) is 3.48. The van der Waals surface area contributed by atoms with Crippen molar-refractivity contribution in [3.05, 3.63) is 40.2 Å². The van der Waals surface area contributed by atoms with Crippen molar-refractivity contribution in [2.75, 3.05) is 26.3 Å². The van der Waals surface area contributed by atoms with Gasteiger partial charge in [-0.3, -0.25) is 9.59 Å². The molecule has 0 saturated carbocycles. The molecular formula is C21H26N2O6. The second-order valence-corrected chi connectivity index (χ2v) is 7.24. The Labute approximate surface area is 168 Å². The van der Waals surface area contributed by atoms with Gasteiger partial charge in [-0.2, -0.15) is 0 Å². The minimum absolute atomic E-state index is 0.272. The van der Waals surface area contributed by atoms with Gasteiger partial charge in [-0.15, -0.1) is 0 Å². The van der Waals surface area contributed by atoms with E-state index in [1.54, 1.807) is 23.1 Å². The molecule has 1 aromatic heterocycles. The normalized spacial score (nSPS) is 15.6. The van der Waals surface area contributed by atoms with Crippen molar-refractivity contribution in [2.45, 2.75) is 38.6 Å². The Kier molecular flexibility index (Phi) is 6.87. The summed E-state index contributed by atoms with van der Waals surface area (Å²) in [6.07, 6.45) is 4.02. The number of aryl methyl sites for hydroxylation is 1. The quantitative estimate of drug-likeness (QED) is 0.706. The second-order valence-electron chi connectivity index (χ2n) is 7.24. The predicted octanol–water partition coefficient (Wildman–Crippen LogP) is 1.36. The smallest absolute Gasteiger partial charge is 0.336 e. The molecule has 2 heterocycles. The van der Waals surface area contributed by atoms with Gasteiger partial charge in [-0.1, -0.05) is 12.8 Å². The Hall–Kier alpha value is -2.87. The highest BCUT2D eigenvalue weighted by molar-refractivity contribution is 5.88. The van der Waals surface area contributed by atoms with Gasteiger partial charge in [-0.05, 0) is 37.5 Å². The van der Waals surface area contributed by atoms with E-state index in [9.17, 15) is 19.5 Å². The van der Waals surface area contributed by atoms with Crippen LogP contribution < -0.4 is 15.7 Å². The molecule has 2 N–H and O–H groups in total. The highest BCUT2D eigenvalue weighted by Gasteiger charge is 2.26. The number of aliphatic hydroxyl groups excluding tert-OH is 1. The van der Waals surface area contributed by atoms with Crippen molar-refractivity contribution in [3.8, 4) is 5.75 Å². The Bertz CT molecular complexity index is 930. The number of likely N-dealkylation sites (tertiary alicyclic amines) is 1. The number of fused-ring (bicyclic) bond motifs is 1. The Morgan fingerprint density at radius 2 is 1.93 bits per heavy atom. The van der Waals surface area contributed by atoms with E-state index < -0.39 is 24.2 Å². The van der Waals surface area contributed by atoms with Crippen molar-refractivity contribution in [1.82, 2.24) is 10.2 Å². The minimum atomic E-state index is -0.985. The van der Waals surface area contributed by atoms with Gasteiger partial charge in [0, 0.05) is 30.6 Å². The molecule has 1 atom stereocenters. The SMILES string of the molecule is Cc1cc(=O)oc2cc(OCC(=O)N[C@@H](CO)C(=O)N3CCCCCC3)ccc12. The van der Waals surface area contributed by atoms with Crippen LogP contribution >= 0.6 is 0 Å². The number of hydrogen-bond donors (Lipinski definition) is 2. The molecule has 156 valence electrons. The molecule has 0 spiro atoms. The van der Waals surface area contributed by atoms with Gasteiger partial charge < -0.3 is 24.5 Å².